The van der Waals surface area contributed by atoms with E-state index in [1.807, 2.05) is 0 Å². The second kappa shape index (κ2) is 10.4. The van der Waals surface area contributed by atoms with E-state index in [0.717, 1.165) is 11.1 Å². The molecule has 8 N–H and O–H groups in total. The summed E-state index contributed by atoms with van der Waals surface area (Å²) in [6, 6.07) is 20.3. The van der Waals surface area contributed by atoms with Crippen molar-refractivity contribution >= 4 is 23.5 Å². The Hall–Kier alpha value is -5.12. The molecule has 0 saturated heterocycles. The summed E-state index contributed by atoms with van der Waals surface area (Å²) in [6.45, 7) is 0.377. The van der Waals surface area contributed by atoms with Crippen LogP contribution in [0.25, 0.3) is 22.6 Å². The maximum absolute atomic E-state index is 12.4. The highest BCUT2D eigenvalue weighted by Crippen LogP contribution is 2.23. The Balaban J connectivity index is 1.26. The lowest BCUT2D eigenvalue weighted by atomic mass is 10.1. The third kappa shape index (κ3) is 5.50. The first-order valence-corrected chi connectivity index (χ1v) is 11.0. The van der Waals surface area contributed by atoms with Crippen molar-refractivity contribution in [2.24, 2.45) is 11.5 Å². The molecule has 36 heavy (non-hydrogen) atoms. The minimum Gasteiger partial charge on any atom is -0.451 e. The average Bonchev–Trinajstić information content (AvgIpc) is 3.57. The van der Waals surface area contributed by atoms with Gasteiger partial charge in [-0.3, -0.25) is 20.4 Å². The highest BCUT2D eigenvalue weighted by molar-refractivity contribution is 5.96. The van der Waals surface area contributed by atoms with E-state index in [-0.39, 0.29) is 36.3 Å². The van der Waals surface area contributed by atoms with Crippen LogP contribution in [0.1, 0.15) is 32.2 Å². The van der Waals surface area contributed by atoms with Crippen molar-refractivity contribution < 1.29 is 18.4 Å². The highest BCUT2D eigenvalue weighted by atomic mass is 16.4. The molecule has 0 bridgehead atoms. The van der Waals surface area contributed by atoms with Crippen LogP contribution < -0.4 is 22.1 Å². The van der Waals surface area contributed by atoms with Crippen LogP contribution in [0.4, 0.5) is 0 Å². The topological polar surface area (TPSA) is 184 Å². The Morgan fingerprint density at radius 1 is 0.611 bits per heavy atom. The number of hydrogen-bond acceptors (Lipinski definition) is 6. The van der Waals surface area contributed by atoms with Crippen LogP contribution in [0, 0.1) is 10.8 Å². The van der Waals surface area contributed by atoms with Gasteiger partial charge in [-0.15, -0.1) is 0 Å². The maximum atomic E-state index is 12.4. The number of rotatable bonds is 9. The zero-order chi connectivity index (χ0) is 25.7. The molecule has 0 aliphatic rings. The van der Waals surface area contributed by atoms with Crippen LogP contribution in [0.2, 0.25) is 0 Å². The molecular formula is C26H24N6O4. The maximum Gasteiger partial charge on any atom is 0.287 e. The minimum absolute atomic E-state index is 0.0268. The van der Waals surface area contributed by atoms with Crippen molar-refractivity contribution in [1.29, 1.82) is 10.8 Å². The molecule has 0 aliphatic heterocycles. The largest absolute Gasteiger partial charge is 0.451 e. The van der Waals surface area contributed by atoms with Gasteiger partial charge < -0.3 is 30.9 Å². The lowest BCUT2D eigenvalue weighted by Crippen LogP contribution is -2.34. The quantitative estimate of drug-likeness (QED) is 0.120. The fourth-order valence-electron chi connectivity index (χ4n) is 3.38. The highest BCUT2D eigenvalue weighted by Gasteiger charge is 2.14. The number of nitrogens with two attached hydrogens (primary N) is 2. The Morgan fingerprint density at radius 2 is 0.972 bits per heavy atom. The van der Waals surface area contributed by atoms with Crippen molar-refractivity contribution in [2.75, 3.05) is 13.1 Å². The predicted octanol–water partition coefficient (Wildman–Crippen LogP) is 2.93. The monoisotopic (exact) mass is 484 g/mol. The normalized spacial score (nSPS) is 10.6. The fourth-order valence-corrected chi connectivity index (χ4v) is 3.38. The molecule has 2 heterocycles. The van der Waals surface area contributed by atoms with Gasteiger partial charge in [-0.05, 0) is 24.3 Å². The van der Waals surface area contributed by atoms with Gasteiger partial charge in [0.2, 0.25) is 0 Å². The molecule has 0 fully saturated rings. The van der Waals surface area contributed by atoms with Crippen LogP contribution in [0.3, 0.4) is 0 Å². The zero-order valence-corrected chi connectivity index (χ0v) is 19.1. The summed E-state index contributed by atoms with van der Waals surface area (Å²) < 4.78 is 11.3. The summed E-state index contributed by atoms with van der Waals surface area (Å²) in [7, 11) is 0. The van der Waals surface area contributed by atoms with Crippen LogP contribution in [-0.2, 0) is 0 Å². The van der Waals surface area contributed by atoms with Gasteiger partial charge in [-0.1, -0.05) is 48.5 Å². The van der Waals surface area contributed by atoms with E-state index in [1.165, 1.54) is 0 Å². The third-order valence-electron chi connectivity index (χ3n) is 5.32. The van der Waals surface area contributed by atoms with Gasteiger partial charge in [0.15, 0.2) is 11.5 Å². The van der Waals surface area contributed by atoms with Crippen LogP contribution in [0.15, 0.2) is 81.6 Å². The Morgan fingerprint density at radius 3 is 1.31 bits per heavy atom. The van der Waals surface area contributed by atoms with E-state index in [2.05, 4.69) is 10.6 Å². The Labute approximate surface area is 206 Å². The van der Waals surface area contributed by atoms with E-state index < -0.39 is 11.8 Å². The lowest BCUT2D eigenvalue weighted by molar-refractivity contribution is 0.0901. The molecule has 10 nitrogen and oxygen atoms in total. The van der Waals surface area contributed by atoms with Gasteiger partial charge >= 0.3 is 0 Å². The van der Waals surface area contributed by atoms with E-state index in [0.29, 0.717) is 22.6 Å². The molecule has 182 valence electrons. The first-order valence-electron chi connectivity index (χ1n) is 11.0. The summed E-state index contributed by atoms with van der Waals surface area (Å²) in [5.41, 5.74) is 13.6. The van der Waals surface area contributed by atoms with Crippen molar-refractivity contribution in [3.8, 4) is 22.6 Å². The standard InChI is InChI=1S/C26H24N6O4/c27-23(28)17-5-1-15(2-6-17)19-9-11-21(35-19)25(33)31-13-14-32-26(34)22-12-10-20(36-22)16-3-7-18(8-4-16)24(29)30/h1-12H,13-14H2,(H3,27,28)(H3,29,30)(H,31,33)(H,32,34). The van der Waals surface area contributed by atoms with Crippen LogP contribution in [-0.4, -0.2) is 36.6 Å². The number of nitrogens with one attached hydrogen (secondary N) is 4. The van der Waals surface area contributed by atoms with Crippen molar-refractivity contribution in [1.82, 2.24) is 10.6 Å². The van der Waals surface area contributed by atoms with E-state index in [1.54, 1.807) is 72.8 Å². The Bertz CT molecular complexity index is 1310. The molecule has 2 amide bonds. The number of carbonyl (C=O) groups excluding carboxylic acids is 2. The third-order valence-corrected chi connectivity index (χ3v) is 5.32. The van der Waals surface area contributed by atoms with Gasteiger partial charge in [0.1, 0.15) is 23.2 Å². The first kappa shape index (κ1) is 24.0. The van der Waals surface area contributed by atoms with Gasteiger partial charge in [-0.2, -0.15) is 0 Å². The molecule has 4 rings (SSSR count). The molecule has 0 unspecified atom stereocenters. The summed E-state index contributed by atoms with van der Waals surface area (Å²) in [4.78, 5) is 24.7. The second-order valence-corrected chi connectivity index (χ2v) is 7.82. The molecule has 4 aromatic rings. The fraction of sp³-hybridized carbons (Fsp3) is 0.0769. The molecular weight excluding hydrogens is 460 g/mol. The number of amidine groups is 2. The summed E-state index contributed by atoms with van der Waals surface area (Å²) in [5, 5.41) is 20.3. The molecule has 2 aromatic carbocycles. The number of carbonyl (C=O) groups is 2. The Kier molecular flexibility index (Phi) is 6.96. The summed E-state index contributed by atoms with van der Waals surface area (Å²) >= 11 is 0. The minimum atomic E-state index is -0.412. The summed E-state index contributed by atoms with van der Waals surface area (Å²) in [6.07, 6.45) is 0. The smallest absolute Gasteiger partial charge is 0.287 e. The number of amides is 2. The second-order valence-electron chi connectivity index (χ2n) is 7.82. The van der Waals surface area contributed by atoms with E-state index in [4.69, 9.17) is 31.1 Å². The molecule has 0 spiro atoms. The first-order chi connectivity index (χ1) is 17.3. The van der Waals surface area contributed by atoms with Gasteiger partial charge in [0, 0.05) is 35.3 Å². The molecule has 0 radical (unpaired) electrons. The van der Waals surface area contributed by atoms with Gasteiger partial charge in [0.05, 0.1) is 0 Å². The lowest BCUT2D eigenvalue weighted by Gasteiger charge is -2.05. The molecule has 0 saturated carbocycles. The SMILES string of the molecule is N=C(N)c1ccc(-c2ccc(C(=O)NCCNC(=O)c3ccc(-c4ccc(C(=N)N)cc4)o3)o2)cc1. The number of furan rings is 2. The number of hydrogen-bond donors (Lipinski definition) is 6. The van der Waals surface area contributed by atoms with Crippen molar-refractivity contribution in [3.63, 3.8) is 0 Å². The van der Waals surface area contributed by atoms with E-state index in [9.17, 15) is 9.59 Å². The molecule has 10 heteroatoms. The van der Waals surface area contributed by atoms with E-state index >= 15 is 0 Å². The predicted molar refractivity (Wildman–Crippen MR) is 135 cm³/mol. The van der Waals surface area contributed by atoms with Crippen molar-refractivity contribution in [2.45, 2.75) is 0 Å². The summed E-state index contributed by atoms with van der Waals surface area (Å²) in [5.74, 6) is 0.413. The molecule has 0 atom stereocenters. The zero-order valence-electron chi connectivity index (χ0n) is 19.1. The van der Waals surface area contributed by atoms with Gasteiger partial charge in [-0.25, -0.2) is 0 Å². The van der Waals surface area contributed by atoms with Gasteiger partial charge in [0.25, 0.3) is 11.8 Å². The molecule has 2 aromatic heterocycles. The number of nitrogen functional groups attached to an aromatic ring is 2. The van der Waals surface area contributed by atoms with Crippen molar-refractivity contribution in [3.05, 3.63) is 95.4 Å². The number of benzene rings is 2. The van der Waals surface area contributed by atoms with Crippen LogP contribution in [0.5, 0.6) is 0 Å². The average molecular weight is 485 g/mol. The molecule has 0 aliphatic carbocycles. The van der Waals surface area contributed by atoms with Crippen LogP contribution >= 0.6 is 0 Å².